The lowest BCUT2D eigenvalue weighted by molar-refractivity contribution is -0.384. The number of benzene rings is 3. The quantitative estimate of drug-likeness (QED) is 0.364. The fraction of sp³-hybridized carbons (Fsp3) is 0. The number of nitro benzene ring substituents is 1. The van der Waals surface area contributed by atoms with E-state index in [4.69, 9.17) is 4.42 Å². The molecular weight excluding hydrogens is 382 g/mol. The number of nitrogens with one attached hydrogen (secondary N) is 1. The summed E-state index contributed by atoms with van der Waals surface area (Å²) in [5.74, 6) is -2.28. The van der Waals surface area contributed by atoms with E-state index in [1.807, 2.05) is 18.2 Å². The number of non-ortho nitro benzene ring substituents is 1. The molecule has 4 rings (SSSR count). The normalized spacial score (nSPS) is 10.8. The van der Waals surface area contributed by atoms with Gasteiger partial charge in [-0.3, -0.25) is 14.9 Å². The second-order valence-electron chi connectivity index (χ2n) is 6.22. The summed E-state index contributed by atoms with van der Waals surface area (Å²) in [5, 5.41) is 14.1. The molecule has 4 aromatic rings. The van der Waals surface area contributed by atoms with Gasteiger partial charge in [-0.1, -0.05) is 30.3 Å². The van der Waals surface area contributed by atoms with Crippen molar-refractivity contribution in [2.45, 2.75) is 0 Å². The predicted octanol–water partition coefficient (Wildman–Crippen LogP) is 5.54. The number of anilines is 1. The van der Waals surface area contributed by atoms with E-state index in [-0.39, 0.29) is 17.0 Å². The fourth-order valence-electron chi connectivity index (χ4n) is 2.94. The van der Waals surface area contributed by atoms with Crippen LogP contribution in [0.1, 0.15) is 10.4 Å². The lowest BCUT2D eigenvalue weighted by Gasteiger charge is -2.07. The Morgan fingerprint density at radius 2 is 1.76 bits per heavy atom. The number of fused-ring (bicyclic) bond motifs is 1. The zero-order valence-electron chi connectivity index (χ0n) is 14.7. The van der Waals surface area contributed by atoms with E-state index in [0.717, 1.165) is 23.8 Å². The monoisotopic (exact) mass is 394 g/mol. The molecule has 0 saturated carbocycles. The second kappa shape index (κ2) is 7.16. The van der Waals surface area contributed by atoms with Gasteiger partial charge in [0.2, 0.25) is 0 Å². The molecule has 0 aliphatic carbocycles. The molecule has 0 bridgehead atoms. The number of halogens is 2. The molecule has 8 heteroatoms. The standard InChI is InChI=1S/C21H12F2N2O4/c22-13-6-7-15(17(23)8-13)21(26)24-18-9-14(25(27)28)10-20-16(18)11-19(29-20)12-4-2-1-3-5-12/h1-11H,(H,24,26). The molecule has 6 nitrogen and oxygen atoms in total. The zero-order valence-corrected chi connectivity index (χ0v) is 14.7. The van der Waals surface area contributed by atoms with Crippen molar-refractivity contribution in [1.29, 1.82) is 0 Å². The number of amides is 1. The first-order valence-electron chi connectivity index (χ1n) is 8.46. The van der Waals surface area contributed by atoms with E-state index < -0.39 is 28.0 Å². The average Bonchev–Trinajstić information content (AvgIpc) is 3.13. The summed E-state index contributed by atoms with van der Waals surface area (Å²) >= 11 is 0. The van der Waals surface area contributed by atoms with Crippen LogP contribution in [0.4, 0.5) is 20.2 Å². The van der Waals surface area contributed by atoms with Crippen molar-refractivity contribution in [2.24, 2.45) is 0 Å². The van der Waals surface area contributed by atoms with Crippen LogP contribution in [0.3, 0.4) is 0 Å². The number of hydrogen-bond donors (Lipinski definition) is 1. The summed E-state index contributed by atoms with van der Waals surface area (Å²) in [6.45, 7) is 0. The summed E-state index contributed by atoms with van der Waals surface area (Å²) in [5.41, 5.74) is 0.314. The van der Waals surface area contributed by atoms with Crippen LogP contribution >= 0.6 is 0 Å². The van der Waals surface area contributed by atoms with Gasteiger partial charge in [0.15, 0.2) is 0 Å². The third kappa shape index (κ3) is 3.55. The van der Waals surface area contributed by atoms with Gasteiger partial charge in [-0.25, -0.2) is 8.78 Å². The van der Waals surface area contributed by atoms with Crippen LogP contribution in [0.15, 0.2) is 71.1 Å². The van der Waals surface area contributed by atoms with Crippen LogP contribution < -0.4 is 5.32 Å². The Hall–Kier alpha value is -4.07. The molecule has 1 amide bonds. The number of carbonyl (C=O) groups is 1. The van der Waals surface area contributed by atoms with Crippen molar-refractivity contribution in [1.82, 2.24) is 0 Å². The average molecular weight is 394 g/mol. The van der Waals surface area contributed by atoms with E-state index in [0.29, 0.717) is 17.2 Å². The molecule has 29 heavy (non-hydrogen) atoms. The SMILES string of the molecule is O=C(Nc1cc([N+](=O)[O-])cc2oc(-c3ccccc3)cc12)c1ccc(F)cc1F. The third-order valence-corrected chi connectivity index (χ3v) is 4.32. The van der Waals surface area contributed by atoms with Crippen molar-refractivity contribution < 1.29 is 22.9 Å². The van der Waals surface area contributed by atoms with Crippen molar-refractivity contribution in [3.63, 3.8) is 0 Å². The van der Waals surface area contributed by atoms with Gasteiger partial charge >= 0.3 is 0 Å². The Balaban J connectivity index is 1.80. The summed E-state index contributed by atoms with van der Waals surface area (Å²) in [7, 11) is 0. The van der Waals surface area contributed by atoms with Gasteiger partial charge in [0.05, 0.1) is 22.2 Å². The number of rotatable bonds is 4. The van der Waals surface area contributed by atoms with Gasteiger partial charge in [-0.2, -0.15) is 0 Å². The van der Waals surface area contributed by atoms with E-state index >= 15 is 0 Å². The molecule has 1 heterocycles. The molecular formula is C21H12F2N2O4. The molecule has 0 unspecified atom stereocenters. The molecule has 3 aromatic carbocycles. The number of nitro groups is 1. The molecule has 0 fully saturated rings. The largest absolute Gasteiger partial charge is 0.456 e. The highest BCUT2D eigenvalue weighted by Crippen LogP contribution is 2.35. The van der Waals surface area contributed by atoms with Gasteiger partial charge in [0.25, 0.3) is 11.6 Å². The minimum absolute atomic E-state index is 0.0776. The highest BCUT2D eigenvalue weighted by atomic mass is 19.1. The third-order valence-electron chi connectivity index (χ3n) is 4.32. The number of furan rings is 1. The molecule has 1 N–H and O–H groups in total. The van der Waals surface area contributed by atoms with Gasteiger partial charge in [0, 0.05) is 23.1 Å². The second-order valence-corrected chi connectivity index (χ2v) is 6.22. The van der Waals surface area contributed by atoms with Gasteiger partial charge in [0.1, 0.15) is 23.0 Å². The Kier molecular flexibility index (Phi) is 4.52. The van der Waals surface area contributed by atoms with Crippen LogP contribution in [-0.4, -0.2) is 10.8 Å². The molecule has 144 valence electrons. The Labute approximate surface area is 162 Å². The van der Waals surface area contributed by atoms with Crippen LogP contribution in [-0.2, 0) is 0 Å². The van der Waals surface area contributed by atoms with Gasteiger partial charge in [-0.05, 0) is 18.2 Å². The lowest BCUT2D eigenvalue weighted by Crippen LogP contribution is -2.14. The number of hydrogen-bond acceptors (Lipinski definition) is 4. The molecule has 0 saturated heterocycles. The maximum absolute atomic E-state index is 13.9. The summed E-state index contributed by atoms with van der Waals surface area (Å²) < 4.78 is 32.7. The summed E-state index contributed by atoms with van der Waals surface area (Å²) in [6, 6.07) is 15.6. The Morgan fingerprint density at radius 3 is 2.45 bits per heavy atom. The highest BCUT2D eigenvalue weighted by molar-refractivity contribution is 6.09. The highest BCUT2D eigenvalue weighted by Gasteiger charge is 2.20. The Morgan fingerprint density at radius 1 is 1.00 bits per heavy atom. The lowest BCUT2D eigenvalue weighted by atomic mass is 10.1. The van der Waals surface area contributed by atoms with Crippen molar-refractivity contribution in [3.8, 4) is 11.3 Å². The molecule has 0 aliphatic heterocycles. The minimum Gasteiger partial charge on any atom is -0.456 e. The predicted molar refractivity (Wildman–Crippen MR) is 103 cm³/mol. The summed E-state index contributed by atoms with van der Waals surface area (Å²) in [4.78, 5) is 23.1. The topological polar surface area (TPSA) is 85.4 Å². The van der Waals surface area contributed by atoms with Crippen molar-refractivity contribution in [3.05, 3.63) is 94.0 Å². The van der Waals surface area contributed by atoms with E-state index in [9.17, 15) is 23.7 Å². The van der Waals surface area contributed by atoms with Crippen LogP contribution in [0, 0.1) is 21.7 Å². The van der Waals surface area contributed by atoms with Crippen LogP contribution in [0.5, 0.6) is 0 Å². The molecule has 0 atom stereocenters. The summed E-state index contributed by atoms with van der Waals surface area (Å²) in [6.07, 6.45) is 0. The van der Waals surface area contributed by atoms with Gasteiger partial charge in [-0.15, -0.1) is 0 Å². The molecule has 0 spiro atoms. The van der Waals surface area contributed by atoms with Gasteiger partial charge < -0.3 is 9.73 Å². The number of carbonyl (C=O) groups excluding carboxylic acids is 1. The maximum Gasteiger partial charge on any atom is 0.275 e. The molecule has 0 radical (unpaired) electrons. The number of nitrogens with zero attached hydrogens (tertiary/aromatic N) is 1. The van der Waals surface area contributed by atoms with Crippen molar-refractivity contribution >= 4 is 28.3 Å². The van der Waals surface area contributed by atoms with E-state index in [1.165, 1.54) is 6.07 Å². The van der Waals surface area contributed by atoms with E-state index in [1.54, 1.807) is 18.2 Å². The minimum atomic E-state index is -1.04. The van der Waals surface area contributed by atoms with Crippen molar-refractivity contribution in [2.75, 3.05) is 5.32 Å². The smallest absolute Gasteiger partial charge is 0.275 e. The molecule has 0 aliphatic rings. The first-order chi connectivity index (χ1) is 13.9. The van der Waals surface area contributed by atoms with E-state index in [2.05, 4.69) is 5.32 Å². The fourth-order valence-corrected chi connectivity index (χ4v) is 2.94. The van der Waals surface area contributed by atoms with Crippen LogP contribution in [0.25, 0.3) is 22.3 Å². The molecule has 1 aromatic heterocycles. The maximum atomic E-state index is 13.9. The first kappa shape index (κ1) is 18.3. The Bertz CT molecular complexity index is 1250. The zero-order chi connectivity index (χ0) is 20.5. The van der Waals surface area contributed by atoms with Crippen LogP contribution in [0.2, 0.25) is 0 Å². The first-order valence-corrected chi connectivity index (χ1v) is 8.46.